The van der Waals surface area contributed by atoms with Gasteiger partial charge in [-0.2, -0.15) is 0 Å². The lowest BCUT2D eigenvalue weighted by Gasteiger charge is -2.03. The minimum Gasteiger partial charge on any atom is -0.478 e. The summed E-state index contributed by atoms with van der Waals surface area (Å²) in [7, 11) is 1.42. The van der Waals surface area contributed by atoms with E-state index in [1.165, 1.54) is 30.9 Å². The number of hydrogen-bond donors (Lipinski definition) is 3. The van der Waals surface area contributed by atoms with Crippen molar-refractivity contribution in [3.63, 3.8) is 0 Å². The monoisotopic (exact) mass is 268 g/mol. The number of aromatic carboxylic acids is 1. The summed E-state index contributed by atoms with van der Waals surface area (Å²) in [6.45, 7) is 0. The van der Waals surface area contributed by atoms with Crippen LogP contribution in [0.2, 0.25) is 0 Å². The minimum absolute atomic E-state index is 0.0832. The van der Waals surface area contributed by atoms with Crippen molar-refractivity contribution in [2.75, 3.05) is 12.8 Å². The summed E-state index contributed by atoms with van der Waals surface area (Å²) < 4.78 is 0. The molecular weight excluding hydrogens is 256 g/mol. The first kappa shape index (κ1) is 14.0. The number of nitrogens with one attached hydrogen (secondary N) is 2. The summed E-state index contributed by atoms with van der Waals surface area (Å²) in [5, 5.41) is 13.1. The van der Waals surface area contributed by atoms with E-state index >= 15 is 0 Å². The zero-order valence-corrected chi connectivity index (χ0v) is 10.4. The maximum atomic E-state index is 11.3. The van der Waals surface area contributed by atoms with Gasteiger partial charge in [0.15, 0.2) is 0 Å². The van der Waals surface area contributed by atoms with Crippen LogP contribution < -0.4 is 10.6 Å². The Morgan fingerprint density at radius 1 is 1.22 bits per heavy atom. The van der Waals surface area contributed by atoms with Crippen molar-refractivity contribution in [3.05, 3.63) is 29.8 Å². The standard InChI is InChI=1S/C11H12N2O4S/c1-12-11(17)13-9(14)6-18-8-4-2-7(3-5-8)10(15)16/h2-5H,6H2,1H3,(H,15,16)(H2,12,13,14,17). The number of rotatable bonds is 4. The Morgan fingerprint density at radius 3 is 2.33 bits per heavy atom. The van der Waals surface area contributed by atoms with Gasteiger partial charge < -0.3 is 10.4 Å². The van der Waals surface area contributed by atoms with Gasteiger partial charge in [0.1, 0.15) is 0 Å². The molecule has 0 bridgehead atoms. The van der Waals surface area contributed by atoms with Crippen LogP contribution in [0, 0.1) is 0 Å². The molecule has 0 heterocycles. The molecule has 0 aliphatic heterocycles. The Labute approximate surface area is 108 Å². The van der Waals surface area contributed by atoms with Crippen molar-refractivity contribution in [3.8, 4) is 0 Å². The number of amides is 3. The lowest BCUT2D eigenvalue weighted by atomic mass is 10.2. The van der Waals surface area contributed by atoms with E-state index in [-0.39, 0.29) is 11.3 Å². The van der Waals surface area contributed by atoms with Crippen LogP contribution in [0.5, 0.6) is 0 Å². The lowest BCUT2D eigenvalue weighted by molar-refractivity contribution is -0.117. The Balaban J connectivity index is 2.46. The molecule has 1 rings (SSSR count). The van der Waals surface area contributed by atoms with Gasteiger partial charge in [-0.25, -0.2) is 9.59 Å². The summed E-state index contributed by atoms with van der Waals surface area (Å²) in [4.78, 5) is 33.5. The zero-order chi connectivity index (χ0) is 13.5. The predicted octanol–water partition coefficient (Wildman–Crippen LogP) is 0.933. The molecule has 0 aliphatic carbocycles. The SMILES string of the molecule is CNC(=O)NC(=O)CSc1ccc(C(=O)O)cc1. The number of urea groups is 1. The van der Waals surface area contributed by atoms with Gasteiger partial charge >= 0.3 is 12.0 Å². The van der Waals surface area contributed by atoms with Crippen LogP contribution >= 0.6 is 11.8 Å². The van der Waals surface area contributed by atoms with Crippen molar-refractivity contribution < 1.29 is 19.5 Å². The van der Waals surface area contributed by atoms with E-state index in [0.717, 1.165) is 4.90 Å². The Hall–Kier alpha value is -2.02. The summed E-state index contributed by atoms with van der Waals surface area (Å²) in [6, 6.07) is 5.59. The van der Waals surface area contributed by atoms with Gasteiger partial charge in [-0.05, 0) is 24.3 Å². The molecule has 7 heteroatoms. The van der Waals surface area contributed by atoms with Crippen molar-refractivity contribution in [1.29, 1.82) is 0 Å². The molecule has 3 amide bonds. The van der Waals surface area contributed by atoms with Crippen LogP contribution in [0.1, 0.15) is 10.4 Å². The first-order chi connectivity index (χ1) is 8.52. The average molecular weight is 268 g/mol. The van der Waals surface area contributed by atoms with Crippen molar-refractivity contribution in [1.82, 2.24) is 10.6 Å². The molecule has 0 aromatic heterocycles. The van der Waals surface area contributed by atoms with E-state index in [1.807, 2.05) is 0 Å². The third-order valence-electron chi connectivity index (χ3n) is 1.95. The Bertz CT molecular complexity index is 459. The minimum atomic E-state index is -0.996. The molecule has 0 atom stereocenters. The van der Waals surface area contributed by atoms with Crippen LogP contribution in [0.15, 0.2) is 29.2 Å². The van der Waals surface area contributed by atoms with Gasteiger partial charge in [0, 0.05) is 11.9 Å². The second kappa shape index (κ2) is 6.65. The first-order valence-corrected chi connectivity index (χ1v) is 5.99. The van der Waals surface area contributed by atoms with Crippen LogP contribution in [0.25, 0.3) is 0 Å². The molecule has 0 fully saturated rings. The smallest absolute Gasteiger partial charge is 0.335 e. The molecular formula is C11H12N2O4S. The number of thioether (sulfide) groups is 1. The third kappa shape index (κ3) is 4.46. The number of carboxylic acids is 1. The highest BCUT2D eigenvalue weighted by Gasteiger charge is 2.07. The van der Waals surface area contributed by atoms with Gasteiger partial charge in [-0.1, -0.05) is 0 Å². The number of carboxylic acid groups (broad SMARTS) is 1. The summed E-state index contributed by atoms with van der Waals surface area (Å²) in [6.07, 6.45) is 0. The van der Waals surface area contributed by atoms with Gasteiger partial charge in [0.2, 0.25) is 5.91 Å². The molecule has 1 aromatic rings. The quantitative estimate of drug-likeness (QED) is 0.706. The largest absolute Gasteiger partial charge is 0.478 e. The number of benzene rings is 1. The van der Waals surface area contributed by atoms with E-state index < -0.39 is 17.9 Å². The van der Waals surface area contributed by atoms with Gasteiger partial charge in [0.05, 0.1) is 11.3 Å². The highest BCUT2D eigenvalue weighted by Crippen LogP contribution is 2.18. The molecule has 6 nitrogen and oxygen atoms in total. The molecule has 0 unspecified atom stereocenters. The predicted molar refractivity (Wildman–Crippen MR) is 66.7 cm³/mol. The topological polar surface area (TPSA) is 95.5 Å². The van der Waals surface area contributed by atoms with Crippen LogP contribution in [-0.2, 0) is 4.79 Å². The molecule has 0 saturated carbocycles. The highest BCUT2D eigenvalue weighted by molar-refractivity contribution is 8.00. The highest BCUT2D eigenvalue weighted by atomic mass is 32.2. The molecule has 0 spiro atoms. The van der Waals surface area contributed by atoms with Crippen LogP contribution in [0.4, 0.5) is 4.79 Å². The number of imide groups is 1. The Kier molecular flexibility index (Phi) is 5.19. The van der Waals surface area contributed by atoms with Gasteiger partial charge in [-0.3, -0.25) is 10.1 Å². The fraction of sp³-hybridized carbons (Fsp3) is 0.182. The number of carbonyl (C=O) groups is 3. The molecule has 1 aromatic carbocycles. The Morgan fingerprint density at radius 2 is 1.83 bits per heavy atom. The molecule has 0 radical (unpaired) electrons. The normalized spacial score (nSPS) is 9.61. The summed E-state index contributed by atoms with van der Waals surface area (Å²) in [5.41, 5.74) is 0.189. The average Bonchev–Trinajstić information content (AvgIpc) is 2.36. The van der Waals surface area contributed by atoms with E-state index in [9.17, 15) is 14.4 Å². The molecule has 96 valence electrons. The van der Waals surface area contributed by atoms with Crippen LogP contribution in [-0.4, -0.2) is 35.8 Å². The number of hydrogen-bond acceptors (Lipinski definition) is 4. The van der Waals surface area contributed by atoms with Crippen molar-refractivity contribution in [2.45, 2.75) is 4.90 Å². The van der Waals surface area contributed by atoms with Crippen LogP contribution in [0.3, 0.4) is 0 Å². The van der Waals surface area contributed by atoms with E-state index in [2.05, 4.69) is 10.6 Å². The summed E-state index contributed by atoms with van der Waals surface area (Å²) in [5.74, 6) is -1.33. The second-order valence-electron chi connectivity index (χ2n) is 3.25. The maximum absolute atomic E-state index is 11.3. The van der Waals surface area contributed by atoms with Gasteiger partial charge in [-0.15, -0.1) is 11.8 Å². The molecule has 0 aliphatic rings. The molecule has 0 saturated heterocycles. The van der Waals surface area contributed by atoms with Gasteiger partial charge in [0.25, 0.3) is 0 Å². The van der Waals surface area contributed by atoms with Crippen molar-refractivity contribution in [2.24, 2.45) is 0 Å². The van der Waals surface area contributed by atoms with E-state index in [4.69, 9.17) is 5.11 Å². The number of carbonyl (C=O) groups excluding carboxylic acids is 2. The molecule has 18 heavy (non-hydrogen) atoms. The maximum Gasteiger partial charge on any atom is 0.335 e. The summed E-state index contributed by atoms with van der Waals surface area (Å²) >= 11 is 1.22. The van der Waals surface area contributed by atoms with E-state index in [1.54, 1.807) is 12.1 Å². The molecule has 3 N–H and O–H groups in total. The fourth-order valence-corrected chi connectivity index (χ4v) is 1.77. The zero-order valence-electron chi connectivity index (χ0n) is 9.60. The fourth-order valence-electron chi connectivity index (χ4n) is 1.07. The lowest BCUT2D eigenvalue weighted by Crippen LogP contribution is -2.38. The van der Waals surface area contributed by atoms with Crippen molar-refractivity contribution >= 4 is 29.7 Å². The first-order valence-electron chi connectivity index (χ1n) is 5.00. The third-order valence-corrected chi connectivity index (χ3v) is 2.96. The second-order valence-corrected chi connectivity index (χ2v) is 4.29. The van der Waals surface area contributed by atoms with E-state index in [0.29, 0.717) is 0 Å².